The Morgan fingerprint density at radius 3 is 2.62 bits per heavy atom. The average molecular weight is 505 g/mol. The van der Waals surface area contributed by atoms with Crippen molar-refractivity contribution in [2.24, 2.45) is 0 Å². The molecule has 1 saturated heterocycles. The third-order valence-electron chi connectivity index (χ3n) is 6.28. The van der Waals surface area contributed by atoms with Crippen LogP contribution in [0.1, 0.15) is 56.5 Å². The summed E-state index contributed by atoms with van der Waals surface area (Å²) in [5.74, 6) is 0.402. The average Bonchev–Trinajstić information content (AvgIpc) is 3.19. The quantitative estimate of drug-likeness (QED) is 0.510. The fourth-order valence-electron chi connectivity index (χ4n) is 4.74. The maximum atomic E-state index is 13.5. The van der Waals surface area contributed by atoms with Gasteiger partial charge in [0, 0.05) is 31.2 Å². The van der Waals surface area contributed by atoms with E-state index in [0.717, 1.165) is 12.8 Å². The minimum absolute atomic E-state index is 0.149. The van der Waals surface area contributed by atoms with Crippen LogP contribution in [-0.4, -0.2) is 50.7 Å². The van der Waals surface area contributed by atoms with Gasteiger partial charge < -0.3 is 19.5 Å². The number of amides is 1. The van der Waals surface area contributed by atoms with E-state index in [-0.39, 0.29) is 23.9 Å². The van der Waals surface area contributed by atoms with Crippen molar-refractivity contribution < 1.29 is 14.3 Å². The molecule has 1 N–H and O–H groups in total. The highest BCUT2D eigenvalue weighted by Crippen LogP contribution is 2.31. The molecule has 0 radical (unpaired) electrons. The number of nitrogens with zero attached hydrogens (tertiary/aromatic N) is 5. The van der Waals surface area contributed by atoms with Crippen LogP contribution < -0.4 is 15.8 Å². The van der Waals surface area contributed by atoms with Crippen molar-refractivity contribution in [3.8, 4) is 6.07 Å². The molecule has 1 aromatic carbocycles. The van der Waals surface area contributed by atoms with Crippen molar-refractivity contribution in [3.63, 3.8) is 0 Å². The monoisotopic (exact) mass is 504 g/mol. The number of nitrogens with one attached hydrogen (secondary N) is 1. The van der Waals surface area contributed by atoms with Gasteiger partial charge >= 0.3 is 6.09 Å². The second kappa shape index (κ2) is 10.5. The predicted octanol–water partition coefficient (Wildman–Crippen LogP) is 3.47. The number of hydrogen-bond donors (Lipinski definition) is 1. The van der Waals surface area contributed by atoms with E-state index in [0.29, 0.717) is 47.6 Å². The highest BCUT2D eigenvalue weighted by Gasteiger charge is 2.30. The number of aryl methyl sites for hydroxylation is 1. The lowest BCUT2D eigenvalue weighted by Gasteiger charge is -2.35. The molecule has 3 aromatic rings. The van der Waals surface area contributed by atoms with Gasteiger partial charge in [0.2, 0.25) is 0 Å². The number of anilines is 1. The highest BCUT2D eigenvalue weighted by atomic mass is 16.6. The van der Waals surface area contributed by atoms with E-state index in [4.69, 9.17) is 4.74 Å². The van der Waals surface area contributed by atoms with Crippen molar-refractivity contribution >= 4 is 28.7 Å². The van der Waals surface area contributed by atoms with Gasteiger partial charge in [0.1, 0.15) is 34.1 Å². The van der Waals surface area contributed by atoms with Gasteiger partial charge in [-0.05, 0) is 40.5 Å². The van der Waals surface area contributed by atoms with Crippen LogP contribution in [0.4, 0.5) is 10.6 Å². The van der Waals surface area contributed by atoms with E-state index in [2.05, 4.69) is 16.4 Å². The molecular weight excluding hydrogens is 472 g/mol. The zero-order chi connectivity index (χ0) is 26.7. The number of rotatable bonds is 6. The van der Waals surface area contributed by atoms with Crippen LogP contribution in [0.2, 0.25) is 0 Å². The Labute approximate surface area is 215 Å². The van der Waals surface area contributed by atoms with Gasteiger partial charge in [0.15, 0.2) is 5.78 Å². The largest absolute Gasteiger partial charge is 0.444 e. The number of Topliss-reactive ketones (excluding diaryl/α,β-unsaturated/α-hetero) is 1. The SMILES string of the molecule is CCn1c(N2CCC[C@@H](NC(=O)OC(C)(C)C)C2)c(C#N)c2ncn(CC(=O)c3ccccc3)c(=O)c21. The number of benzene rings is 1. The lowest BCUT2D eigenvalue weighted by Crippen LogP contribution is -2.49. The Bertz CT molecular complexity index is 1410. The summed E-state index contributed by atoms with van der Waals surface area (Å²) in [5.41, 5.74) is 0.451. The summed E-state index contributed by atoms with van der Waals surface area (Å²) in [6.07, 6.45) is 2.42. The minimum Gasteiger partial charge on any atom is -0.444 e. The number of ether oxygens (including phenoxy) is 1. The number of aromatic nitrogens is 3. The predicted molar refractivity (Wildman–Crippen MR) is 140 cm³/mol. The lowest BCUT2D eigenvalue weighted by molar-refractivity contribution is 0.0499. The third-order valence-corrected chi connectivity index (χ3v) is 6.28. The number of ketones is 1. The molecule has 0 spiro atoms. The summed E-state index contributed by atoms with van der Waals surface area (Å²) >= 11 is 0. The molecular formula is C27H32N6O4. The molecule has 1 fully saturated rings. The van der Waals surface area contributed by atoms with Gasteiger partial charge in [-0.2, -0.15) is 5.26 Å². The van der Waals surface area contributed by atoms with Gasteiger partial charge in [0.25, 0.3) is 5.56 Å². The van der Waals surface area contributed by atoms with E-state index in [1.807, 2.05) is 38.7 Å². The van der Waals surface area contributed by atoms with Crippen LogP contribution >= 0.6 is 0 Å². The van der Waals surface area contributed by atoms with Crippen LogP contribution in [0, 0.1) is 11.3 Å². The standard InChI is InChI=1S/C27H32N6O4/c1-5-33-23-22(29-17-32(25(23)35)16-21(34)18-10-7-6-8-11-18)20(14-28)24(33)31-13-9-12-19(15-31)30-26(36)37-27(2,3)4/h6-8,10-11,17,19H,5,9,12-13,15-16H2,1-4H3,(H,30,36)/t19-/m1/s1. The molecule has 3 heterocycles. The number of hydrogen-bond acceptors (Lipinski definition) is 7. The Morgan fingerprint density at radius 1 is 1.24 bits per heavy atom. The van der Waals surface area contributed by atoms with Crippen molar-refractivity contribution in [2.45, 2.75) is 65.3 Å². The first-order valence-electron chi connectivity index (χ1n) is 12.5. The van der Waals surface area contributed by atoms with Crippen molar-refractivity contribution in [3.05, 3.63) is 58.1 Å². The highest BCUT2D eigenvalue weighted by molar-refractivity contribution is 5.96. The van der Waals surface area contributed by atoms with Crippen LogP contribution in [0.5, 0.6) is 0 Å². The second-order valence-electron chi connectivity index (χ2n) is 10.2. The molecule has 0 aliphatic carbocycles. The summed E-state index contributed by atoms with van der Waals surface area (Å²) in [6.45, 7) is 8.74. The van der Waals surface area contributed by atoms with Crippen molar-refractivity contribution in [1.29, 1.82) is 5.26 Å². The molecule has 2 aromatic heterocycles. The number of carbonyl (C=O) groups is 2. The molecule has 1 aliphatic heterocycles. The minimum atomic E-state index is -0.603. The van der Waals surface area contributed by atoms with E-state index in [9.17, 15) is 19.6 Å². The molecule has 4 rings (SSSR count). The topological polar surface area (TPSA) is 122 Å². The first-order chi connectivity index (χ1) is 17.6. The van der Waals surface area contributed by atoms with Crippen LogP contribution in [-0.2, 0) is 17.8 Å². The molecule has 0 unspecified atom stereocenters. The third kappa shape index (κ3) is 5.50. The summed E-state index contributed by atoms with van der Waals surface area (Å²) in [7, 11) is 0. The first-order valence-corrected chi connectivity index (χ1v) is 12.5. The zero-order valence-corrected chi connectivity index (χ0v) is 21.7. The van der Waals surface area contributed by atoms with E-state index < -0.39 is 11.7 Å². The molecule has 1 atom stereocenters. The number of fused-ring (bicyclic) bond motifs is 1. The molecule has 1 aliphatic rings. The number of carbonyl (C=O) groups excluding carboxylic acids is 2. The van der Waals surface area contributed by atoms with Crippen LogP contribution in [0.25, 0.3) is 11.0 Å². The zero-order valence-electron chi connectivity index (χ0n) is 21.7. The van der Waals surface area contributed by atoms with Gasteiger partial charge in [-0.1, -0.05) is 30.3 Å². The summed E-state index contributed by atoms with van der Waals surface area (Å²) in [5, 5.41) is 13.0. The summed E-state index contributed by atoms with van der Waals surface area (Å²) in [6, 6.07) is 10.8. The van der Waals surface area contributed by atoms with Crippen molar-refractivity contribution in [1.82, 2.24) is 19.4 Å². The van der Waals surface area contributed by atoms with Crippen molar-refractivity contribution in [2.75, 3.05) is 18.0 Å². The maximum absolute atomic E-state index is 13.5. The van der Waals surface area contributed by atoms with Gasteiger partial charge in [-0.15, -0.1) is 0 Å². The molecule has 1 amide bonds. The Kier molecular flexibility index (Phi) is 7.34. The first kappa shape index (κ1) is 25.9. The summed E-state index contributed by atoms with van der Waals surface area (Å²) in [4.78, 5) is 45.1. The van der Waals surface area contributed by atoms with Gasteiger partial charge in [-0.25, -0.2) is 9.78 Å². The molecule has 0 saturated carbocycles. The van der Waals surface area contributed by atoms with E-state index in [1.54, 1.807) is 28.8 Å². The Hall–Kier alpha value is -4.13. The van der Waals surface area contributed by atoms with Gasteiger partial charge in [-0.3, -0.25) is 14.2 Å². The lowest BCUT2D eigenvalue weighted by atomic mass is 10.1. The Morgan fingerprint density at radius 2 is 1.97 bits per heavy atom. The number of piperidine rings is 1. The normalized spacial score (nSPS) is 15.9. The second-order valence-corrected chi connectivity index (χ2v) is 10.2. The van der Waals surface area contributed by atoms with E-state index in [1.165, 1.54) is 10.9 Å². The Balaban J connectivity index is 1.68. The molecule has 10 heteroatoms. The molecule has 194 valence electrons. The molecule has 10 nitrogen and oxygen atoms in total. The smallest absolute Gasteiger partial charge is 0.407 e. The maximum Gasteiger partial charge on any atom is 0.407 e. The fraction of sp³-hybridized carbons (Fsp3) is 0.444. The van der Waals surface area contributed by atoms with E-state index >= 15 is 0 Å². The number of alkyl carbamates (subject to hydrolysis) is 1. The molecule has 0 bridgehead atoms. The van der Waals surface area contributed by atoms with Crippen LogP contribution in [0.3, 0.4) is 0 Å². The van der Waals surface area contributed by atoms with Crippen LogP contribution in [0.15, 0.2) is 41.5 Å². The fourth-order valence-corrected chi connectivity index (χ4v) is 4.74. The number of nitriles is 1. The summed E-state index contributed by atoms with van der Waals surface area (Å²) < 4.78 is 8.49. The van der Waals surface area contributed by atoms with Gasteiger partial charge in [0.05, 0.1) is 12.9 Å². The molecule has 37 heavy (non-hydrogen) atoms.